The Morgan fingerprint density at radius 2 is 1.88 bits per heavy atom. The lowest BCUT2D eigenvalue weighted by Crippen LogP contribution is -2.25. The number of thiophene rings is 1. The van der Waals surface area contributed by atoms with Gasteiger partial charge in [0.2, 0.25) is 0 Å². The molecule has 0 saturated carbocycles. The molecule has 0 radical (unpaired) electrons. The molecule has 1 N–H and O–H groups in total. The molecule has 2 heterocycles. The van der Waals surface area contributed by atoms with Gasteiger partial charge in [-0.05, 0) is 60.8 Å². The third-order valence-electron chi connectivity index (χ3n) is 4.90. The smallest absolute Gasteiger partial charge is 0.273 e. The maximum Gasteiger partial charge on any atom is 0.273 e. The number of ether oxygens (including phenoxy) is 1. The highest BCUT2D eigenvalue weighted by Crippen LogP contribution is 2.26. The molecule has 0 bridgehead atoms. The molecule has 0 aliphatic rings. The van der Waals surface area contributed by atoms with Gasteiger partial charge in [0.15, 0.2) is 6.61 Å². The van der Waals surface area contributed by atoms with Crippen LogP contribution in [0, 0.1) is 6.92 Å². The van der Waals surface area contributed by atoms with Crippen molar-refractivity contribution in [1.29, 1.82) is 0 Å². The summed E-state index contributed by atoms with van der Waals surface area (Å²) in [6, 6.07) is 18.9. The molecule has 0 spiro atoms. The first kappa shape index (κ1) is 23.4. The molecule has 10 heteroatoms. The maximum atomic E-state index is 12.6. The Kier molecular flexibility index (Phi) is 6.90. The van der Waals surface area contributed by atoms with E-state index in [0.717, 1.165) is 22.6 Å². The van der Waals surface area contributed by atoms with Crippen molar-refractivity contribution in [3.05, 3.63) is 84.1 Å². The van der Waals surface area contributed by atoms with Crippen molar-refractivity contribution >= 4 is 38.6 Å². The summed E-state index contributed by atoms with van der Waals surface area (Å²) >= 11 is 1.16. The number of hydrogen-bond acceptors (Lipinski definition) is 7. The van der Waals surface area contributed by atoms with Crippen LogP contribution in [0.3, 0.4) is 0 Å². The molecular weight excluding hydrogens is 472 g/mol. The van der Waals surface area contributed by atoms with Crippen LogP contribution in [0.4, 0.5) is 11.4 Å². The third kappa shape index (κ3) is 5.41. The second-order valence-corrected chi connectivity index (χ2v) is 10.4. The van der Waals surface area contributed by atoms with Crippen molar-refractivity contribution in [2.24, 2.45) is 0 Å². The normalized spacial score (nSPS) is 11.1. The molecule has 0 atom stereocenters. The molecule has 4 rings (SSSR count). The maximum absolute atomic E-state index is 12.6. The molecule has 2 aromatic carbocycles. The number of carbonyl (C=O) groups is 1. The zero-order valence-corrected chi connectivity index (χ0v) is 20.1. The predicted molar refractivity (Wildman–Crippen MR) is 133 cm³/mol. The zero-order valence-electron chi connectivity index (χ0n) is 18.5. The fourth-order valence-corrected chi connectivity index (χ4v) is 5.51. The summed E-state index contributed by atoms with van der Waals surface area (Å²) < 4.78 is 32.3. The molecule has 2 aromatic heterocycles. The number of aryl methyl sites for hydroxylation is 1. The molecular formula is C24H22N4O4S2. The minimum Gasteiger partial charge on any atom is -0.484 e. The first-order valence-corrected chi connectivity index (χ1v) is 12.6. The van der Waals surface area contributed by atoms with Crippen LogP contribution in [-0.2, 0) is 14.8 Å². The van der Waals surface area contributed by atoms with Crippen LogP contribution in [0.1, 0.15) is 5.82 Å². The third-order valence-corrected chi connectivity index (χ3v) is 8.06. The van der Waals surface area contributed by atoms with E-state index in [1.54, 1.807) is 54.0 Å². The Morgan fingerprint density at radius 1 is 1.09 bits per heavy atom. The fourth-order valence-electron chi connectivity index (χ4n) is 3.16. The number of sulfonamides is 1. The van der Waals surface area contributed by atoms with Gasteiger partial charge in [0, 0.05) is 24.5 Å². The summed E-state index contributed by atoms with van der Waals surface area (Å²) in [4.78, 5) is 20.9. The number of nitrogens with one attached hydrogen (secondary N) is 1. The predicted octanol–water partition coefficient (Wildman–Crippen LogP) is 4.36. The van der Waals surface area contributed by atoms with E-state index < -0.39 is 10.0 Å². The van der Waals surface area contributed by atoms with Gasteiger partial charge >= 0.3 is 0 Å². The van der Waals surface area contributed by atoms with Crippen molar-refractivity contribution in [1.82, 2.24) is 9.97 Å². The molecule has 8 nitrogen and oxygen atoms in total. The van der Waals surface area contributed by atoms with Gasteiger partial charge in [0.25, 0.3) is 15.9 Å². The molecule has 0 saturated heterocycles. The number of benzene rings is 2. The summed E-state index contributed by atoms with van der Waals surface area (Å²) in [5.74, 6) is 0.796. The number of amides is 1. The lowest BCUT2D eigenvalue weighted by atomic mass is 10.1. The quantitative estimate of drug-likeness (QED) is 0.391. The van der Waals surface area contributed by atoms with Crippen LogP contribution in [0.2, 0.25) is 0 Å². The summed E-state index contributed by atoms with van der Waals surface area (Å²) in [5.41, 5.74) is 2.74. The van der Waals surface area contributed by atoms with E-state index in [4.69, 9.17) is 4.74 Å². The molecule has 0 aliphatic heterocycles. The van der Waals surface area contributed by atoms with Gasteiger partial charge in [-0.2, -0.15) is 0 Å². The van der Waals surface area contributed by atoms with E-state index in [1.807, 2.05) is 31.2 Å². The van der Waals surface area contributed by atoms with Gasteiger partial charge in [0.05, 0.1) is 11.4 Å². The van der Waals surface area contributed by atoms with Crippen molar-refractivity contribution in [3.8, 4) is 17.0 Å². The summed E-state index contributed by atoms with van der Waals surface area (Å²) in [5, 5.41) is 4.53. The van der Waals surface area contributed by atoms with Gasteiger partial charge in [-0.1, -0.05) is 18.2 Å². The minimum atomic E-state index is -3.61. The van der Waals surface area contributed by atoms with E-state index >= 15 is 0 Å². The van der Waals surface area contributed by atoms with E-state index in [-0.39, 0.29) is 16.7 Å². The highest BCUT2D eigenvalue weighted by molar-refractivity contribution is 7.94. The summed E-state index contributed by atoms with van der Waals surface area (Å²) in [7, 11) is -2.11. The number of hydrogen-bond donors (Lipinski definition) is 1. The lowest BCUT2D eigenvalue weighted by Gasteiger charge is -2.18. The average Bonchev–Trinajstić information content (AvgIpc) is 3.39. The minimum absolute atomic E-state index is 0.195. The van der Waals surface area contributed by atoms with Gasteiger partial charge in [-0.3, -0.25) is 9.10 Å². The van der Waals surface area contributed by atoms with Crippen LogP contribution < -0.4 is 14.4 Å². The molecule has 174 valence electrons. The topological polar surface area (TPSA) is 101 Å². The number of anilines is 2. The van der Waals surface area contributed by atoms with Crippen molar-refractivity contribution in [2.75, 3.05) is 23.3 Å². The number of carbonyl (C=O) groups excluding carboxylic acids is 1. The highest BCUT2D eigenvalue weighted by Gasteiger charge is 2.22. The second-order valence-electron chi connectivity index (χ2n) is 7.31. The van der Waals surface area contributed by atoms with Crippen LogP contribution in [-0.4, -0.2) is 37.9 Å². The highest BCUT2D eigenvalue weighted by atomic mass is 32.2. The Hall–Kier alpha value is -3.76. The number of nitrogens with zero attached hydrogens (tertiary/aromatic N) is 3. The van der Waals surface area contributed by atoms with Crippen molar-refractivity contribution in [2.45, 2.75) is 11.1 Å². The average molecular weight is 495 g/mol. The van der Waals surface area contributed by atoms with Crippen molar-refractivity contribution < 1.29 is 17.9 Å². The van der Waals surface area contributed by atoms with Gasteiger partial charge in [-0.25, -0.2) is 18.4 Å². The Balaban J connectivity index is 1.35. The Labute approximate surface area is 201 Å². The van der Waals surface area contributed by atoms with Gasteiger partial charge < -0.3 is 10.1 Å². The SMILES string of the molecule is Cc1nccc(-c2cccc(NC(=O)COc3ccc(N(C)S(=O)(=O)c4cccs4)cc3)c2)n1. The molecule has 0 aliphatic carbocycles. The zero-order chi connectivity index (χ0) is 24.1. The molecule has 4 aromatic rings. The van der Waals surface area contributed by atoms with Crippen LogP contribution in [0.5, 0.6) is 5.75 Å². The van der Waals surface area contributed by atoms with Crippen molar-refractivity contribution in [3.63, 3.8) is 0 Å². The first-order valence-electron chi connectivity index (χ1n) is 10.3. The molecule has 0 unspecified atom stereocenters. The fraction of sp³-hybridized carbons (Fsp3) is 0.125. The molecule has 34 heavy (non-hydrogen) atoms. The van der Waals surface area contributed by atoms with Crippen LogP contribution in [0.25, 0.3) is 11.3 Å². The summed E-state index contributed by atoms with van der Waals surface area (Å²) in [6.45, 7) is 1.62. The molecule has 1 amide bonds. The van der Waals surface area contributed by atoms with E-state index in [0.29, 0.717) is 22.9 Å². The number of aromatic nitrogens is 2. The van der Waals surface area contributed by atoms with E-state index in [9.17, 15) is 13.2 Å². The Bertz CT molecular complexity index is 1390. The standard InChI is InChI=1S/C24H22N4O4S2/c1-17-25-13-12-22(26-17)18-5-3-6-19(15-18)27-23(29)16-32-21-10-8-20(9-11-21)28(2)34(30,31)24-7-4-14-33-24/h3-15H,16H2,1-2H3,(H,27,29). The second kappa shape index (κ2) is 10.0. The lowest BCUT2D eigenvalue weighted by molar-refractivity contribution is -0.118. The van der Waals surface area contributed by atoms with Crippen LogP contribution in [0.15, 0.2) is 82.5 Å². The molecule has 0 fully saturated rings. The van der Waals surface area contributed by atoms with Gasteiger partial charge in [-0.15, -0.1) is 11.3 Å². The monoisotopic (exact) mass is 494 g/mol. The van der Waals surface area contributed by atoms with Crippen LogP contribution >= 0.6 is 11.3 Å². The summed E-state index contributed by atoms with van der Waals surface area (Å²) in [6.07, 6.45) is 1.69. The first-order chi connectivity index (χ1) is 16.3. The van der Waals surface area contributed by atoms with E-state index in [1.165, 1.54) is 11.4 Å². The number of rotatable bonds is 8. The van der Waals surface area contributed by atoms with Gasteiger partial charge in [0.1, 0.15) is 15.8 Å². The van der Waals surface area contributed by atoms with E-state index in [2.05, 4.69) is 15.3 Å². The largest absolute Gasteiger partial charge is 0.484 e. The Morgan fingerprint density at radius 3 is 2.59 bits per heavy atom.